The van der Waals surface area contributed by atoms with Crippen molar-refractivity contribution in [3.63, 3.8) is 0 Å². The predicted molar refractivity (Wildman–Crippen MR) is 138 cm³/mol. The van der Waals surface area contributed by atoms with E-state index in [0.717, 1.165) is 61.2 Å². The Morgan fingerprint density at radius 3 is 1.79 bits per heavy atom. The molecule has 6 rings (SSSR count). The molecular formula is C29H28N4O. The summed E-state index contributed by atoms with van der Waals surface area (Å²) in [5.74, 6) is 0. The van der Waals surface area contributed by atoms with Crippen molar-refractivity contribution in [2.45, 2.75) is 53.1 Å². The zero-order valence-electron chi connectivity index (χ0n) is 20.3. The minimum atomic E-state index is -0.115. The maximum atomic E-state index is 10.4. The monoisotopic (exact) mass is 448 g/mol. The highest BCUT2D eigenvalue weighted by atomic mass is 16.3. The van der Waals surface area contributed by atoms with E-state index in [1.807, 2.05) is 20.8 Å². The summed E-state index contributed by atoms with van der Waals surface area (Å²) in [6, 6.07) is 17.4. The van der Waals surface area contributed by atoms with Crippen LogP contribution in [0.2, 0.25) is 0 Å². The van der Waals surface area contributed by atoms with Crippen LogP contribution >= 0.6 is 0 Å². The summed E-state index contributed by atoms with van der Waals surface area (Å²) in [6.45, 7) is 10.3. The number of benzene rings is 3. The number of hydrogen-bond donors (Lipinski definition) is 1. The van der Waals surface area contributed by atoms with Crippen LogP contribution in [0.15, 0.2) is 36.4 Å². The molecule has 1 N–H and O–H groups in total. The molecule has 0 spiro atoms. The standard InChI is InChI=1S/C27H22N4O.C2H6/c1-14-4-6-22-18(8-14)24-20(11-28)21(12-29)25-19-9-15(2)5-7-23(19)31-17(13-32)10-16(3)30(22)26(24)27(25)31;1-2/h4-9,16-17,32H,10,13H2,1-3H3;1-2H3. The number of fused-ring (bicyclic) bond motifs is 6. The number of rotatable bonds is 1. The lowest BCUT2D eigenvalue weighted by molar-refractivity contribution is 0.215. The van der Waals surface area contributed by atoms with Crippen molar-refractivity contribution in [3.05, 3.63) is 58.7 Å². The largest absolute Gasteiger partial charge is 0.394 e. The molecule has 5 heteroatoms. The lowest BCUT2D eigenvalue weighted by Gasteiger charge is -2.21. The van der Waals surface area contributed by atoms with E-state index in [2.05, 4.69) is 71.5 Å². The molecule has 1 aliphatic rings. The highest BCUT2D eigenvalue weighted by Crippen LogP contribution is 2.48. The summed E-state index contributed by atoms with van der Waals surface area (Å²) in [5.41, 5.74) is 7.10. The molecule has 0 amide bonds. The molecule has 0 radical (unpaired) electrons. The number of aryl methyl sites for hydroxylation is 2. The normalized spacial score (nSPS) is 17.1. The van der Waals surface area contributed by atoms with Crippen molar-refractivity contribution >= 4 is 43.6 Å². The molecule has 34 heavy (non-hydrogen) atoms. The molecule has 0 saturated carbocycles. The minimum Gasteiger partial charge on any atom is -0.394 e. The van der Waals surface area contributed by atoms with Crippen LogP contribution in [0.25, 0.3) is 43.6 Å². The molecule has 0 bridgehead atoms. The molecule has 1 aliphatic heterocycles. The van der Waals surface area contributed by atoms with Crippen LogP contribution in [-0.4, -0.2) is 20.8 Å². The lowest BCUT2D eigenvalue weighted by Crippen LogP contribution is -2.15. The van der Waals surface area contributed by atoms with Crippen LogP contribution in [-0.2, 0) is 0 Å². The van der Waals surface area contributed by atoms with E-state index in [-0.39, 0.29) is 18.7 Å². The maximum Gasteiger partial charge on any atom is 0.101 e. The first kappa shape index (κ1) is 22.0. The zero-order valence-corrected chi connectivity index (χ0v) is 20.3. The maximum absolute atomic E-state index is 10.4. The van der Waals surface area contributed by atoms with Crippen molar-refractivity contribution in [2.24, 2.45) is 0 Å². The van der Waals surface area contributed by atoms with Crippen molar-refractivity contribution < 1.29 is 5.11 Å². The van der Waals surface area contributed by atoms with Gasteiger partial charge in [-0.05, 0) is 51.5 Å². The van der Waals surface area contributed by atoms with E-state index >= 15 is 0 Å². The zero-order chi connectivity index (χ0) is 24.3. The first-order valence-corrected chi connectivity index (χ1v) is 12.0. The smallest absolute Gasteiger partial charge is 0.101 e. The Hall–Kier alpha value is -3.80. The minimum absolute atomic E-state index is 0.0162. The van der Waals surface area contributed by atoms with Gasteiger partial charge >= 0.3 is 0 Å². The number of aliphatic hydroxyl groups is 1. The molecular weight excluding hydrogens is 420 g/mol. The van der Waals surface area contributed by atoms with Crippen LogP contribution in [0.1, 0.15) is 61.5 Å². The Labute approximate surface area is 199 Å². The van der Waals surface area contributed by atoms with Gasteiger partial charge in [-0.1, -0.05) is 37.1 Å². The van der Waals surface area contributed by atoms with Crippen molar-refractivity contribution in [1.82, 2.24) is 9.13 Å². The lowest BCUT2D eigenvalue weighted by atomic mass is 9.96. The van der Waals surface area contributed by atoms with E-state index in [9.17, 15) is 15.6 Å². The Morgan fingerprint density at radius 2 is 1.32 bits per heavy atom. The Morgan fingerprint density at radius 1 is 0.853 bits per heavy atom. The molecule has 2 atom stereocenters. The van der Waals surface area contributed by atoms with E-state index < -0.39 is 0 Å². The third-order valence-corrected chi connectivity index (χ3v) is 7.15. The molecule has 0 aliphatic carbocycles. The third-order valence-electron chi connectivity index (χ3n) is 7.15. The van der Waals surface area contributed by atoms with Crippen LogP contribution in [0.3, 0.4) is 0 Å². The van der Waals surface area contributed by atoms with Gasteiger partial charge in [0, 0.05) is 38.6 Å². The summed E-state index contributed by atoms with van der Waals surface area (Å²) in [7, 11) is 0. The van der Waals surface area contributed by atoms with Crippen LogP contribution < -0.4 is 0 Å². The number of aromatic nitrogens is 2. The van der Waals surface area contributed by atoms with Crippen molar-refractivity contribution in [1.29, 1.82) is 10.5 Å². The second kappa shape index (κ2) is 7.90. The van der Waals surface area contributed by atoms with Gasteiger partial charge in [-0.25, -0.2) is 0 Å². The van der Waals surface area contributed by atoms with Gasteiger partial charge in [0.25, 0.3) is 0 Å². The van der Waals surface area contributed by atoms with Crippen molar-refractivity contribution in [3.8, 4) is 12.1 Å². The number of hydrogen-bond acceptors (Lipinski definition) is 3. The SMILES string of the molecule is CC.Cc1ccc2c(c1)c1c(C#N)c(C#N)c3c4cc(C)ccc4n4c3c1n2C(C)CC4CO. The summed E-state index contributed by atoms with van der Waals surface area (Å²) in [4.78, 5) is 0. The first-order chi connectivity index (χ1) is 16.5. The van der Waals surface area contributed by atoms with Gasteiger partial charge in [0.2, 0.25) is 0 Å². The average Bonchev–Trinajstić information content (AvgIpc) is 3.31. The molecule has 170 valence electrons. The van der Waals surface area contributed by atoms with E-state index in [1.54, 1.807) is 0 Å². The highest BCUT2D eigenvalue weighted by Gasteiger charge is 2.33. The Balaban J connectivity index is 0.00000117. The molecule has 5 aromatic rings. The summed E-state index contributed by atoms with van der Waals surface area (Å²) in [6.07, 6.45) is 0.758. The molecule has 2 unspecified atom stereocenters. The molecule has 5 nitrogen and oxygen atoms in total. The van der Waals surface area contributed by atoms with Crippen LogP contribution in [0, 0.1) is 36.5 Å². The van der Waals surface area contributed by atoms with Crippen LogP contribution in [0.5, 0.6) is 0 Å². The van der Waals surface area contributed by atoms with Gasteiger partial charge in [0.1, 0.15) is 12.1 Å². The fraction of sp³-hybridized carbons (Fsp3) is 0.310. The fourth-order valence-electron chi connectivity index (χ4n) is 5.90. The Kier molecular flexibility index (Phi) is 5.12. The number of nitrogens with zero attached hydrogens (tertiary/aromatic N) is 4. The van der Waals surface area contributed by atoms with Gasteiger partial charge in [0.15, 0.2) is 0 Å². The van der Waals surface area contributed by atoms with Crippen molar-refractivity contribution in [2.75, 3.05) is 6.61 Å². The highest BCUT2D eigenvalue weighted by molar-refractivity contribution is 6.26. The molecule has 0 fully saturated rings. The fourth-order valence-corrected chi connectivity index (χ4v) is 5.90. The topological polar surface area (TPSA) is 77.7 Å². The predicted octanol–water partition coefficient (Wildman–Crippen LogP) is 6.79. The summed E-state index contributed by atoms with van der Waals surface area (Å²) >= 11 is 0. The van der Waals surface area contributed by atoms with Gasteiger partial charge in [-0.2, -0.15) is 10.5 Å². The molecule has 0 saturated heterocycles. The van der Waals surface area contributed by atoms with Gasteiger partial charge < -0.3 is 14.2 Å². The molecule has 3 aromatic carbocycles. The van der Waals surface area contributed by atoms with E-state index in [1.165, 1.54) is 0 Å². The quantitative estimate of drug-likeness (QED) is 0.307. The second-order valence-corrected chi connectivity index (χ2v) is 9.12. The Bertz CT molecular complexity index is 1700. The number of nitriles is 2. The third kappa shape index (κ3) is 2.68. The summed E-state index contributed by atoms with van der Waals surface area (Å²) in [5, 5.41) is 34.6. The molecule has 2 aromatic heterocycles. The summed E-state index contributed by atoms with van der Waals surface area (Å²) < 4.78 is 4.55. The number of aliphatic hydroxyl groups excluding tert-OH is 1. The molecule has 3 heterocycles. The van der Waals surface area contributed by atoms with E-state index in [0.29, 0.717) is 11.1 Å². The van der Waals surface area contributed by atoms with Crippen LogP contribution in [0.4, 0.5) is 0 Å². The van der Waals surface area contributed by atoms with Gasteiger partial charge in [0.05, 0.1) is 34.8 Å². The second-order valence-electron chi connectivity index (χ2n) is 9.12. The van der Waals surface area contributed by atoms with E-state index in [4.69, 9.17) is 0 Å². The van der Waals surface area contributed by atoms with Gasteiger partial charge in [-0.15, -0.1) is 0 Å². The van der Waals surface area contributed by atoms with Gasteiger partial charge in [-0.3, -0.25) is 0 Å². The average molecular weight is 449 g/mol. The first-order valence-electron chi connectivity index (χ1n) is 12.0.